The number of alkyl halides is 3. The Bertz CT molecular complexity index is 583. The van der Waals surface area contributed by atoms with Crippen LogP contribution in [0, 0.1) is 0 Å². The molecule has 1 N–H and O–H groups in total. The number of likely N-dealkylation sites (N-methyl/N-ethyl adjacent to an activating group) is 1. The van der Waals surface area contributed by atoms with Crippen LogP contribution in [0.5, 0.6) is 0 Å². The van der Waals surface area contributed by atoms with Gasteiger partial charge in [-0.1, -0.05) is 30.3 Å². The minimum atomic E-state index is -4.53. The smallest absolute Gasteiger partial charge is 0.410 e. The van der Waals surface area contributed by atoms with E-state index in [2.05, 4.69) is 0 Å². The predicted molar refractivity (Wildman–Crippen MR) is 87.0 cm³/mol. The van der Waals surface area contributed by atoms with Crippen LogP contribution < -0.4 is 5.32 Å². The van der Waals surface area contributed by atoms with Crippen molar-refractivity contribution in [3.05, 3.63) is 35.9 Å². The molecular weight excluding hydrogens is 337 g/mol. The number of carbonyl (C=O) groups is 2. The third-order valence-corrected chi connectivity index (χ3v) is 3.19. The Kier molecular flexibility index (Phi) is 6.84. The van der Waals surface area contributed by atoms with E-state index in [-0.39, 0.29) is 6.42 Å². The number of rotatable bonds is 5. The molecule has 0 aromatic heterocycles. The molecule has 5 nitrogen and oxygen atoms in total. The monoisotopic (exact) mass is 360 g/mol. The van der Waals surface area contributed by atoms with Gasteiger partial charge in [-0.3, -0.25) is 9.69 Å². The molecule has 0 radical (unpaired) electrons. The number of amides is 2. The van der Waals surface area contributed by atoms with Gasteiger partial charge >= 0.3 is 12.3 Å². The Labute approximate surface area is 145 Å². The van der Waals surface area contributed by atoms with Gasteiger partial charge in [0, 0.05) is 13.5 Å². The Morgan fingerprint density at radius 3 is 2.20 bits per heavy atom. The van der Waals surface area contributed by atoms with Crippen molar-refractivity contribution in [1.82, 2.24) is 10.2 Å². The van der Waals surface area contributed by atoms with Gasteiger partial charge in [-0.25, -0.2) is 4.79 Å². The number of nitrogens with zero attached hydrogens (tertiary/aromatic N) is 1. The summed E-state index contributed by atoms with van der Waals surface area (Å²) in [5.41, 5.74) is -0.0736. The van der Waals surface area contributed by atoms with Crippen LogP contribution in [-0.2, 0) is 16.0 Å². The van der Waals surface area contributed by atoms with Crippen molar-refractivity contribution in [1.29, 1.82) is 0 Å². The molecule has 0 aliphatic carbocycles. The highest BCUT2D eigenvalue weighted by molar-refractivity contribution is 5.86. The lowest BCUT2D eigenvalue weighted by Crippen LogP contribution is -2.51. The maximum absolute atomic E-state index is 12.4. The van der Waals surface area contributed by atoms with Crippen LogP contribution >= 0.6 is 0 Å². The fourth-order valence-corrected chi connectivity index (χ4v) is 2.01. The highest BCUT2D eigenvalue weighted by Crippen LogP contribution is 2.16. The summed E-state index contributed by atoms with van der Waals surface area (Å²) >= 11 is 0. The summed E-state index contributed by atoms with van der Waals surface area (Å²) in [5.74, 6) is -0.894. The highest BCUT2D eigenvalue weighted by Gasteiger charge is 2.33. The fraction of sp³-hybridized carbons (Fsp3) is 0.529. The second-order valence-electron chi connectivity index (χ2n) is 6.63. The molecule has 2 amide bonds. The lowest BCUT2D eigenvalue weighted by atomic mass is 10.0. The molecule has 8 heteroatoms. The van der Waals surface area contributed by atoms with Crippen LogP contribution in [0.15, 0.2) is 30.3 Å². The molecule has 0 bridgehead atoms. The van der Waals surface area contributed by atoms with Gasteiger partial charge in [0.15, 0.2) is 0 Å². The molecule has 1 aromatic rings. The lowest BCUT2D eigenvalue weighted by molar-refractivity contribution is -0.141. The van der Waals surface area contributed by atoms with Gasteiger partial charge < -0.3 is 10.1 Å². The van der Waals surface area contributed by atoms with Crippen molar-refractivity contribution in [2.24, 2.45) is 0 Å². The van der Waals surface area contributed by atoms with E-state index in [4.69, 9.17) is 4.74 Å². The second-order valence-corrected chi connectivity index (χ2v) is 6.63. The molecule has 1 rings (SSSR count). The van der Waals surface area contributed by atoms with Gasteiger partial charge in [-0.15, -0.1) is 0 Å². The van der Waals surface area contributed by atoms with Crippen molar-refractivity contribution >= 4 is 12.0 Å². The quantitative estimate of drug-likeness (QED) is 0.878. The maximum atomic E-state index is 12.4. The summed E-state index contributed by atoms with van der Waals surface area (Å²) in [7, 11) is 1.33. The van der Waals surface area contributed by atoms with E-state index in [9.17, 15) is 22.8 Å². The average Bonchev–Trinajstić information content (AvgIpc) is 2.48. The number of benzene rings is 1. The Morgan fingerprint density at radius 1 is 1.16 bits per heavy atom. The Hall–Kier alpha value is -2.25. The van der Waals surface area contributed by atoms with Crippen LogP contribution in [0.2, 0.25) is 0 Å². The molecule has 25 heavy (non-hydrogen) atoms. The SMILES string of the molecule is CN(C(=O)OC(C)(C)C)C(Cc1ccccc1)C(=O)NCC(F)(F)F. The molecule has 1 aromatic carbocycles. The average molecular weight is 360 g/mol. The molecular formula is C17H23F3N2O3. The third-order valence-electron chi connectivity index (χ3n) is 3.19. The first-order valence-corrected chi connectivity index (χ1v) is 7.73. The van der Waals surface area contributed by atoms with E-state index in [0.717, 1.165) is 4.90 Å². The first-order valence-electron chi connectivity index (χ1n) is 7.73. The molecule has 1 unspecified atom stereocenters. The van der Waals surface area contributed by atoms with Crippen molar-refractivity contribution in [2.45, 2.75) is 45.0 Å². The lowest BCUT2D eigenvalue weighted by Gasteiger charge is -2.30. The number of hydrogen-bond donors (Lipinski definition) is 1. The van der Waals surface area contributed by atoms with Crippen molar-refractivity contribution < 1.29 is 27.5 Å². The number of ether oxygens (including phenoxy) is 1. The molecule has 0 fully saturated rings. The number of halogens is 3. The molecule has 0 spiro atoms. The molecule has 0 aliphatic rings. The molecule has 1 atom stereocenters. The molecule has 0 aliphatic heterocycles. The summed E-state index contributed by atoms with van der Waals surface area (Å²) in [6.07, 6.45) is -5.24. The molecule has 140 valence electrons. The molecule has 0 saturated carbocycles. The van der Waals surface area contributed by atoms with E-state index in [1.165, 1.54) is 7.05 Å². The van der Waals surface area contributed by atoms with Crippen LogP contribution in [0.3, 0.4) is 0 Å². The summed E-state index contributed by atoms with van der Waals surface area (Å²) in [6.45, 7) is 3.53. The zero-order valence-electron chi connectivity index (χ0n) is 14.7. The summed E-state index contributed by atoms with van der Waals surface area (Å²) in [4.78, 5) is 25.5. The van der Waals surface area contributed by atoms with Gasteiger partial charge in [-0.05, 0) is 26.3 Å². The second kappa shape index (κ2) is 8.22. The minimum Gasteiger partial charge on any atom is -0.444 e. The van der Waals surface area contributed by atoms with Crippen LogP contribution in [-0.4, -0.2) is 48.3 Å². The first-order chi connectivity index (χ1) is 11.4. The zero-order valence-corrected chi connectivity index (χ0v) is 14.7. The summed E-state index contributed by atoms with van der Waals surface area (Å²) in [6, 6.07) is 7.60. The van der Waals surface area contributed by atoms with E-state index in [1.807, 2.05) is 5.32 Å². The number of nitrogens with one attached hydrogen (secondary N) is 1. The largest absolute Gasteiger partial charge is 0.444 e. The van der Waals surface area contributed by atoms with Crippen LogP contribution in [0.4, 0.5) is 18.0 Å². The number of carbonyl (C=O) groups excluding carboxylic acids is 2. The highest BCUT2D eigenvalue weighted by atomic mass is 19.4. The number of hydrogen-bond acceptors (Lipinski definition) is 3. The van der Waals surface area contributed by atoms with Gasteiger partial charge in [0.25, 0.3) is 0 Å². The Balaban J connectivity index is 2.93. The van der Waals surface area contributed by atoms with E-state index >= 15 is 0 Å². The normalized spacial score (nSPS) is 13.1. The van der Waals surface area contributed by atoms with E-state index in [0.29, 0.717) is 5.56 Å². The minimum absolute atomic E-state index is 0.0697. The predicted octanol–water partition coefficient (Wildman–Crippen LogP) is 3.14. The van der Waals surface area contributed by atoms with E-state index < -0.39 is 36.4 Å². The van der Waals surface area contributed by atoms with Gasteiger partial charge in [0.1, 0.15) is 18.2 Å². The van der Waals surface area contributed by atoms with Crippen molar-refractivity contribution in [3.8, 4) is 0 Å². The van der Waals surface area contributed by atoms with E-state index in [1.54, 1.807) is 51.1 Å². The third kappa shape index (κ3) is 7.91. The zero-order chi connectivity index (χ0) is 19.3. The van der Waals surface area contributed by atoms with Gasteiger partial charge in [-0.2, -0.15) is 13.2 Å². The van der Waals surface area contributed by atoms with Crippen LogP contribution in [0.1, 0.15) is 26.3 Å². The standard InChI is InChI=1S/C17H23F3N2O3/c1-16(2,3)25-15(24)22(4)13(10-12-8-6-5-7-9-12)14(23)21-11-17(18,19)20/h5-9,13H,10-11H2,1-4H3,(H,21,23). The van der Waals surface area contributed by atoms with Gasteiger partial charge in [0.05, 0.1) is 0 Å². The topological polar surface area (TPSA) is 58.6 Å². The molecule has 0 heterocycles. The van der Waals surface area contributed by atoms with Crippen LogP contribution in [0.25, 0.3) is 0 Å². The van der Waals surface area contributed by atoms with Gasteiger partial charge in [0.2, 0.25) is 5.91 Å². The van der Waals surface area contributed by atoms with Crippen molar-refractivity contribution in [2.75, 3.05) is 13.6 Å². The first kappa shape index (κ1) is 20.8. The fourth-order valence-electron chi connectivity index (χ4n) is 2.01. The van der Waals surface area contributed by atoms with Crippen molar-refractivity contribution in [3.63, 3.8) is 0 Å². The Morgan fingerprint density at radius 2 is 1.72 bits per heavy atom. The maximum Gasteiger partial charge on any atom is 0.410 e. The summed E-state index contributed by atoms with van der Waals surface area (Å²) < 4.78 is 42.3. The molecule has 0 saturated heterocycles. The summed E-state index contributed by atoms with van der Waals surface area (Å²) in [5, 5.41) is 1.83.